The molecule has 10 aromatic carbocycles. The van der Waals surface area contributed by atoms with Crippen LogP contribution in [0.25, 0.3) is 97.3 Å². The summed E-state index contributed by atoms with van der Waals surface area (Å²) in [7, 11) is -8.58. The predicted octanol–water partition coefficient (Wildman–Crippen LogP) is 26.9. The van der Waals surface area contributed by atoms with Crippen molar-refractivity contribution in [2.45, 2.75) is 233 Å². The van der Waals surface area contributed by atoms with Crippen molar-refractivity contribution >= 4 is 118 Å². The minimum atomic E-state index is -2.16. The Bertz CT molecular complexity index is 4380. The Hall–Kier alpha value is -6.61. The molecular weight excluding hydrogens is 1170 g/mol. The van der Waals surface area contributed by atoms with E-state index in [0.29, 0.717) is 66.5 Å². The van der Waals surface area contributed by atoms with Crippen LogP contribution in [0.15, 0.2) is 133 Å². The maximum absolute atomic E-state index is 4.24. The van der Waals surface area contributed by atoms with Crippen molar-refractivity contribution < 1.29 is 0 Å². The summed E-state index contributed by atoms with van der Waals surface area (Å²) in [5.41, 5.74) is 30.0. The molecule has 10 aromatic rings. The van der Waals surface area contributed by atoms with Gasteiger partial charge in [-0.2, -0.15) is 0 Å². The molecule has 0 heterocycles. The minimum absolute atomic E-state index is 0.504. The Morgan fingerprint density at radius 3 is 0.533 bits per heavy atom. The van der Waals surface area contributed by atoms with E-state index < -0.39 is 32.3 Å². The van der Waals surface area contributed by atoms with E-state index in [9.17, 15) is 0 Å². The third-order valence-corrected chi connectivity index (χ3v) is 48.5. The average Bonchev–Trinajstić information content (AvgIpc) is 0.733. The third kappa shape index (κ3) is 11.5. The van der Waals surface area contributed by atoms with Gasteiger partial charge in [0.25, 0.3) is 0 Å². The van der Waals surface area contributed by atoms with Crippen LogP contribution >= 0.6 is 0 Å². The lowest BCUT2D eigenvalue weighted by atomic mass is 9.88. The molecule has 0 aliphatic rings. The van der Waals surface area contributed by atoms with Gasteiger partial charge >= 0.3 is 0 Å². The van der Waals surface area contributed by atoms with Crippen molar-refractivity contribution in [3.05, 3.63) is 156 Å². The second-order valence-electron chi connectivity index (χ2n) is 31.5. The number of hydrogen-bond acceptors (Lipinski definition) is 0. The van der Waals surface area contributed by atoms with E-state index in [1.165, 1.54) is 97.3 Å². The molecule has 474 valence electrons. The molecule has 92 heavy (non-hydrogen) atoms. The first-order valence-electron chi connectivity index (χ1n) is 35.3. The number of fused-ring (bicyclic) bond motifs is 8. The molecule has 0 N–H and O–H groups in total. The van der Waals surface area contributed by atoms with E-state index >= 15 is 0 Å². The SMILES string of the molecule is CC(C)[Si](C#Cc1c2cc3ccccc3cc2c(C#C[Si](C(C)C)(C(C)C)C(C)C)c2cc3cc(-c4ccc5cc6c(C#C[Si](C(C)C)(C(C)C)C(C)C)c7cc8ccccc8cc7c(C#C[Si](C(C)C)(C(C)C)C(C)C)c6cc5c4)ccc3cc12)(C(C)C)C(C)C. The Morgan fingerprint density at radius 2 is 0.359 bits per heavy atom. The van der Waals surface area contributed by atoms with Gasteiger partial charge in [-0.3, -0.25) is 0 Å². The van der Waals surface area contributed by atoms with Crippen LogP contribution in [-0.4, -0.2) is 32.3 Å². The van der Waals surface area contributed by atoms with E-state index in [4.69, 9.17) is 0 Å². The van der Waals surface area contributed by atoms with Crippen LogP contribution in [0.4, 0.5) is 0 Å². The predicted molar refractivity (Wildman–Crippen MR) is 424 cm³/mol. The molecule has 0 atom stereocenters. The number of hydrogen-bond donors (Lipinski definition) is 0. The highest BCUT2D eigenvalue weighted by Gasteiger charge is 2.45. The molecule has 0 bridgehead atoms. The van der Waals surface area contributed by atoms with Gasteiger partial charge in [0.1, 0.15) is 32.3 Å². The molecule has 0 aliphatic heterocycles. The smallest absolute Gasteiger partial charge is 0.125 e. The fourth-order valence-electron chi connectivity index (χ4n) is 18.6. The van der Waals surface area contributed by atoms with Gasteiger partial charge in [0.2, 0.25) is 0 Å². The Morgan fingerprint density at radius 1 is 0.196 bits per heavy atom. The lowest BCUT2D eigenvalue weighted by Gasteiger charge is -2.38. The van der Waals surface area contributed by atoms with Gasteiger partial charge in [0.15, 0.2) is 0 Å². The third-order valence-electron chi connectivity index (χ3n) is 23.3. The number of benzene rings is 10. The fraction of sp³-hybridized carbons (Fsp3) is 0.409. The first-order valence-corrected chi connectivity index (χ1v) is 44.2. The Labute approximate surface area is 560 Å². The van der Waals surface area contributed by atoms with Crippen molar-refractivity contribution in [1.29, 1.82) is 0 Å². The zero-order valence-corrected chi connectivity index (χ0v) is 64.6. The highest BCUT2D eigenvalue weighted by Crippen LogP contribution is 2.48. The van der Waals surface area contributed by atoms with Crippen LogP contribution in [-0.2, 0) is 0 Å². The molecule has 0 saturated carbocycles. The quantitative estimate of drug-likeness (QED) is 0.0613. The zero-order valence-electron chi connectivity index (χ0n) is 60.6. The van der Waals surface area contributed by atoms with Crippen molar-refractivity contribution in [2.24, 2.45) is 0 Å². The van der Waals surface area contributed by atoms with Gasteiger partial charge in [-0.25, -0.2) is 0 Å². The molecule has 0 spiro atoms. The van der Waals surface area contributed by atoms with Gasteiger partial charge in [-0.05, 0) is 224 Å². The van der Waals surface area contributed by atoms with Gasteiger partial charge in [0.05, 0.1) is 0 Å². The van der Waals surface area contributed by atoms with Crippen molar-refractivity contribution in [2.75, 3.05) is 0 Å². The normalized spacial score (nSPS) is 13.0. The lowest BCUT2D eigenvalue weighted by molar-refractivity contribution is 0.838. The molecule has 0 aliphatic carbocycles. The molecule has 0 radical (unpaired) electrons. The van der Waals surface area contributed by atoms with Crippen LogP contribution < -0.4 is 0 Å². The van der Waals surface area contributed by atoms with E-state index in [-0.39, 0.29) is 0 Å². The first kappa shape index (κ1) is 68.3. The molecular formula is C88H106Si4. The van der Waals surface area contributed by atoms with Crippen LogP contribution in [0.5, 0.6) is 0 Å². The fourth-order valence-corrected chi connectivity index (χ4v) is 39.5. The van der Waals surface area contributed by atoms with Crippen LogP contribution in [0, 0.1) is 45.9 Å². The molecule has 0 nitrogen and oxygen atoms in total. The highest BCUT2D eigenvalue weighted by molar-refractivity contribution is 6.92. The molecule has 10 rings (SSSR count). The van der Waals surface area contributed by atoms with Crippen LogP contribution in [0.2, 0.25) is 66.5 Å². The van der Waals surface area contributed by atoms with E-state index in [1.807, 2.05) is 0 Å². The van der Waals surface area contributed by atoms with Crippen molar-refractivity contribution in [3.8, 4) is 57.0 Å². The summed E-state index contributed by atoms with van der Waals surface area (Å²) in [5, 5.41) is 19.4. The van der Waals surface area contributed by atoms with E-state index in [1.54, 1.807) is 0 Å². The summed E-state index contributed by atoms with van der Waals surface area (Å²) in [4.78, 5) is 0. The Balaban J connectivity index is 1.29. The molecule has 0 unspecified atom stereocenters. The standard InChI is InChI=1S/C88H106Si4/c1-55(2)89(56(3)4,57(5)6)41-37-77-81-47-67-29-25-27-31-69(67)49-83(81)79(39-43-91(61(13)14,62(15)16)63(17)18)87-53-75-45-71(33-35-73(75)51-85(77)87)72-34-36-74-52-86-78(38-42-90(58(7)8,59(9)10)60(11)12)82-48-68-30-26-28-32-70(68)50-84(82)80(88(86)54-76(74)46-72)40-44-92(64(19)20,65(21)22)66(23)24/h25-36,45-66H,1-24H3. The summed E-state index contributed by atoms with van der Waals surface area (Å²) in [5.74, 6) is 16.5. The molecule has 0 fully saturated rings. The highest BCUT2D eigenvalue weighted by atomic mass is 28.3. The molecule has 4 heteroatoms. The topological polar surface area (TPSA) is 0 Å². The second kappa shape index (κ2) is 26.3. The van der Waals surface area contributed by atoms with Gasteiger partial charge in [-0.1, -0.05) is 263 Å². The molecule has 0 amide bonds. The second-order valence-corrected chi connectivity index (χ2v) is 53.8. The molecule has 0 saturated heterocycles. The maximum Gasteiger partial charge on any atom is 0.146 e. The maximum atomic E-state index is 4.24. The van der Waals surface area contributed by atoms with Crippen molar-refractivity contribution in [3.63, 3.8) is 0 Å². The average molecular weight is 1280 g/mol. The minimum Gasteiger partial charge on any atom is -0.125 e. The van der Waals surface area contributed by atoms with Crippen LogP contribution in [0.1, 0.15) is 188 Å². The lowest BCUT2D eigenvalue weighted by Crippen LogP contribution is -2.43. The zero-order chi connectivity index (χ0) is 66.8. The van der Waals surface area contributed by atoms with Gasteiger partial charge in [-0.15, -0.1) is 22.2 Å². The van der Waals surface area contributed by atoms with E-state index in [0.717, 1.165) is 22.3 Å². The summed E-state index contributed by atoms with van der Waals surface area (Å²) >= 11 is 0. The summed E-state index contributed by atoms with van der Waals surface area (Å²) in [6, 6.07) is 51.7. The van der Waals surface area contributed by atoms with Gasteiger partial charge < -0.3 is 0 Å². The first-order chi connectivity index (χ1) is 43.5. The van der Waals surface area contributed by atoms with Crippen molar-refractivity contribution in [1.82, 2.24) is 0 Å². The summed E-state index contributed by atoms with van der Waals surface area (Å²) in [6.45, 7) is 58.4. The summed E-state index contributed by atoms with van der Waals surface area (Å²) in [6.07, 6.45) is 0. The van der Waals surface area contributed by atoms with Crippen LogP contribution in [0.3, 0.4) is 0 Å². The summed E-state index contributed by atoms with van der Waals surface area (Å²) < 4.78 is 0. The van der Waals surface area contributed by atoms with E-state index in [2.05, 4.69) is 345 Å². The Kier molecular flexibility index (Phi) is 19.5. The largest absolute Gasteiger partial charge is 0.146 e. The van der Waals surface area contributed by atoms with Gasteiger partial charge in [0, 0.05) is 22.3 Å². The number of rotatable bonds is 13. The molecule has 0 aromatic heterocycles. The monoisotopic (exact) mass is 1270 g/mol.